The summed E-state index contributed by atoms with van der Waals surface area (Å²) in [5, 5.41) is 2.47. The van der Waals surface area contributed by atoms with Crippen molar-refractivity contribution in [3.8, 4) is 0 Å². The van der Waals surface area contributed by atoms with Crippen molar-refractivity contribution in [2.45, 2.75) is 30.0 Å². The fourth-order valence-electron chi connectivity index (χ4n) is 4.49. The number of hydrogen-bond acceptors (Lipinski definition) is 6. The lowest BCUT2D eigenvalue weighted by molar-refractivity contribution is -0.163. The molecule has 2 aliphatic rings. The molecule has 2 amide bonds. The molecular weight excluding hydrogens is 492 g/mol. The van der Waals surface area contributed by atoms with Crippen molar-refractivity contribution in [1.82, 2.24) is 10.2 Å². The summed E-state index contributed by atoms with van der Waals surface area (Å²) in [5.41, 5.74) is 2.52. The molecule has 182 valence electrons. The topological polar surface area (TPSA) is 75.7 Å². The van der Waals surface area contributed by atoms with Gasteiger partial charge in [-0.3, -0.25) is 9.59 Å². The van der Waals surface area contributed by atoms with Crippen molar-refractivity contribution >= 4 is 46.6 Å². The normalized spacial score (nSPS) is 20.9. The van der Waals surface area contributed by atoms with E-state index in [1.165, 1.54) is 16.7 Å². The van der Waals surface area contributed by atoms with Gasteiger partial charge in [-0.15, -0.1) is 11.8 Å². The third kappa shape index (κ3) is 4.92. The molecule has 36 heavy (non-hydrogen) atoms. The lowest BCUT2D eigenvalue weighted by Gasteiger charge is -2.52. The van der Waals surface area contributed by atoms with E-state index < -0.39 is 24.2 Å². The van der Waals surface area contributed by atoms with Crippen LogP contribution < -0.4 is 5.32 Å². The van der Waals surface area contributed by atoms with Gasteiger partial charge in [0, 0.05) is 10.6 Å². The minimum absolute atomic E-state index is 0.182. The summed E-state index contributed by atoms with van der Waals surface area (Å²) in [6.07, 6.45) is -0.449. The predicted octanol–water partition coefficient (Wildman–Crippen LogP) is 3.70. The predicted molar refractivity (Wildman–Crippen MR) is 142 cm³/mol. The maximum Gasteiger partial charge on any atom is 0.335 e. The lowest BCUT2D eigenvalue weighted by atomic mass is 9.99. The molecule has 2 aliphatic heterocycles. The Morgan fingerprint density at radius 2 is 1.50 bits per heavy atom. The van der Waals surface area contributed by atoms with Gasteiger partial charge in [0.05, 0.1) is 6.42 Å². The molecule has 0 bridgehead atoms. The van der Waals surface area contributed by atoms with Crippen LogP contribution >= 0.6 is 24.0 Å². The number of carbonyl (C=O) groups excluding carboxylic acids is 3. The Hall–Kier alpha value is -3.49. The summed E-state index contributed by atoms with van der Waals surface area (Å²) in [4.78, 5) is 41.0. The van der Waals surface area contributed by atoms with E-state index in [2.05, 4.69) is 5.32 Å². The first-order valence-corrected chi connectivity index (χ1v) is 13.1. The second-order valence-electron chi connectivity index (χ2n) is 8.66. The quantitative estimate of drug-likeness (QED) is 0.293. The first-order valence-electron chi connectivity index (χ1n) is 11.6. The zero-order chi connectivity index (χ0) is 25.1. The third-order valence-electron chi connectivity index (χ3n) is 6.25. The molecule has 1 N–H and O–H groups in total. The average molecular weight is 517 g/mol. The number of nitrogens with one attached hydrogen (secondary N) is 1. The van der Waals surface area contributed by atoms with Crippen LogP contribution in [0.15, 0.2) is 91.0 Å². The zero-order valence-electron chi connectivity index (χ0n) is 19.3. The van der Waals surface area contributed by atoms with Crippen LogP contribution in [0.25, 0.3) is 0 Å². The first-order chi connectivity index (χ1) is 17.5. The number of rotatable bonds is 7. The standard InChI is InChI=1S/C28H24N2O4S2/c31-22(16-18-10-4-1-5-11-18)29-23-26(32)30-24(21(35)17-36-27(23)30)28(33)34-25(19-12-6-2-7-13-19)20-14-8-3-9-15-20/h1-15,23-25,27H,16-17H2,(H,29,31)/t23-,24?,27-/m1/s1. The van der Waals surface area contributed by atoms with Crippen LogP contribution in [0.4, 0.5) is 0 Å². The number of benzene rings is 3. The van der Waals surface area contributed by atoms with Gasteiger partial charge in [-0.2, -0.15) is 0 Å². The van der Waals surface area contributed by atoms with Crippen molar-refractivity contribution in [3.05, 3.63) is 108 Å². The van der Waals surface area contributed by atoms with Gasteiger partial charge < -0.3 is 15.0 Å². The van der Waals surface area contributed by atoms with Gasteiger partial charge in [0.2, 0.25) is 11.8 Å². The van der Waals surface area contributed by atoms with Crippen molar-refractivity contribution in [2.75, 3.05) is 5.75 Å². The summed E-state index contributed by atoms with van der Waals surface area (Å²) in [6.45, 7) is 0. The Morgan fingerprint density at radius 1 is 0.944 bits per heavy atom. The highest BCUT2D eigenvalue weighted by molar-refractivity contribution is 8.02. The maximum atomic E-state index is 13.5. The van der Waals surface area contributed by atoms with E-state index in [0.29, 0.717) is 10.6 Å². The Bertz CT molecular complexity index is 1230. The van der Waals surface area contributed by atoms with Crippen molar-refractivity contribution in [3.63, 3.8) is 0 Å². The number of fused-ring (bicyclic) bond motifs is 1. The third-order valence-corrected chi connectivity index (χ3v) is 8.11. The number of ether oxygens (including phenoxy) is 1. The molecule has 3 aromatic carbocycles. The minimum Gasteiger partial charge on any atom is -0.451 e. The Labute approximate surface area is 219 Å². The highest BCUT2D eigenvalue weighted by Gasteiger charge is 2.57. The average Bonchev–Trinajstić information content (AvgIpc) is 2.91. The van der Waals surface area contributed by atoms with Gasteiger partial charge in [-0.25, -0.2) is 4.79 Å². The molecule has 3 aromatic rings. The van der Waals surface area contributed by atoms with Gasteiger partial charge in [0.1, 0.15) is 11.4 Å². The van der Waals surface area contributed by atoms with Crippen molar-refractivity contribution in [2.24, 2.45) is 0 Å². The number of carbonyl (C=O) groups is 3. The van der Waals surface area contributed by atoms with Gasteiger partial charge in [0.25, 0.3) is 0 Å². The van der Waals surface area contributed by atoms with Crippen LogP contribution in [0.1, 0.15) is 22.8 Å². The van der Waals surface area contributed by atoms with Gasteiger partial charge in [0.15, 0.2) is 12.1 Å². The van der Waals surface area contributed by atoms with Crippen LogP contribution in [-0.4, -0.2) is 50.8 Å². The lowest BCUT2D eigenvalue weighted by Crippen LogP contribution is -2.76. The van der Waals surface area contributed by atoms with Gasteiger partial charge >= 0.3 is 5.97 Å². The summed E-state index contributed by atoms with van der Waals surface area (Å²) < 4.78 is 6.01. The van der Waals surface area contributed by atoms with Gasteiger partial charge in [-0.05, 0) is 16.7 Å². The van der Waals surface area contributed by atoms with E-state index in [1.54, 1.807) is 0 Å². The second-order valence-corrected chi connectivity index (χ2v) is 10.3. The molecule has 0 aromatic heterocycles. The van der Waals surface area contributed by atoms with E-state index in [-0.39, 0.29) is 23.6 Å². The molecular formula is C28H24N2O4S2. The fourth-order valence-corrected chi connectivity index (χ4v) is 6.16. The van der Waals surface area contributed by atoms with Crippen LogP contribution in [0.2, 0.25) is 0 Å². The SMILES string of the molecule is O=C(Cc1ccccc1)N[C@@H]1C(=O)N2C(C(=O)OC(c3ccccc3)c3ccccc3)C(=S)CS[C@H]12. The number of thiocarbonyl (C=S) groups is 1. The molecule has 0 radical (unpaired) electrons. The number of hydrogen-bond donors (Lipinski definition) is 1. The fraction of sp³-hybridized carbons (Fsp3) is 0.214. The summed E-state index contributed by atoms with van der Waals surface area (Å²) in [7, 11) is 0. The van der Waals surface area contributed by atoms with Crippen molar-refractivity contribution < 1.29 is 19.1 Å². The maximum absolute atomic E-state index is 13.5. The number of β-lactam (4-membered cyclic amide) rings is 1. The van der Waals surface area contributed by atoms with E-state index in [1.807, 2.05) is 91.0 Å². The van der Waals surface area contributed by atoms with E-state index in [4.69, 9.17) is 17.0 Å². The molecule has 3 atom stereocenters. The van der Waals surface area contributed by atoms with Crippen LogP contribution in [-0.2, 0) is 25.5 Å². The number of amides is 2. The van der Waals surface area contributed by atoms with E-state index >= 15 is 0 Å². The summed E-state index contributed by atoms with van der Waals surface area (Å²) in [5.74, 6) is -0.699. The van der Waals surface area contributed by atoms with Crippen molar-refractivity contribution in [1.29, 1.82) is 0 Å². The molecule has 2 saturated heterocycles. The molecule has 8 heteroatoms. The largest absolute Gasteiger partial charge is 0.451 e. The molecule has 5 rings (SSSR count). The molecule has 6 nitrogen and oxygen atoms in total. The number of esters is 1. The Kier molecular flexibility index (Phi) is 7.16. The van der Waals surface area contributed by atoms with Crippen LogP contribution in [0, 0.1) is 0 Å². The Balaban J connectivity index is 1.30. The summed E-state index contributed by atoms with van der Waals surface area (Å²) in [6, 6.07) is 26.6. The Morgan fingerprint density at radius 3 is 2.08 bits per heavy atom. The molecule has 0 spiro atoms. The molecule has 0 saturated carbocycles. The first kappa shape index (κ1) is 24.2. The zero-order valence-corrected chi connectivity index (χ0v) is 20.9. The highest BCUT2D eigenvalue weighted by Crippen LogP contribution is 2.38. The van der Waals surface area contributed by atoms with Crippen LogP contribution in [0.3, 0.4) is 0 Å². The molecule has 2 heterocycles. The van der Waals surface area contributed by atoms with Crippen LogP contribution in [0.5, 0.6) is 0 Å². The van der Waals surface area contributed by atoms with E-state index in [0.717, 1.165) is 16.7 Å². The minimum atomic E-state index is -0.962. The van der Waals surface area contributed by atoms with E-state index in [9.17, 15) is 14.4 Å². The molecule has 2 fully saturated rings. The van der Waals surface area contributed by atoms with Gasteiger partial charge in [-0.1, -0.05) is 103 Å². The smallest absolute Gasteiger partial charge is 0.335 e. The summed E-state index contributed by atoms with van der Waals surface area (Å²) >= 11 is 6.97. The highest BCUT2D eigenvalue weighted by atomic mass is 32.2. The number of nitrogens with zero attached hydrogens (tertiary/aromatic N) is 1. The molecule has 0 aliphatic carbocycles. The number of thioether (sulfide) groups is 1. The second kappa shape index (κ2) is 10.6. The molecule has 1 unspecified atom stereocenters. The monoisotopic (exact) mass is 516 g/mol.